The van der Waals surface area contributed by atoms with Gasteiger partial charge in [-0.05, 0) is 37.3 Å². The lowest BCUT2D eigenvalue weighted by Crippen LogP contribution is -2.25. The number of benzene rings is 2. The third-order valence-corrected chi connectivity index (χ3v) is 6.91. The summed E-state index contributed by atoms with van der Waals surface area (Å²) in [4.78, 5) is 41.5. The fourth-order valence-corrected chi connectivity index (χ4v) is 5.11. The maximum atomic E-state index is 12.8. The van der Waals surface area contributed by atoms with Crippen LogP contribution in [0.25, 0.3) is 21.3 Å². The molecule has 2 aromatic heterocycles. The summed E-state index contributed by atoms with van der Waals surface area (Å²) < 4.78 is 37.2. The van der Waals surface area contributed by atoms with Gasteiger partial charge in [-0.25, -0.2) is 13.2 Å². The largest absolute Gasteiger partial charge is 0.465 e. The predicted octanol–water partition coefficient (Wildman–Crippen LogP) is 1.70. The summed E-state index contributed by atoms with van der Waals surface area (Å²) in [6.45, 7) is 1.28. The van der Waals surface area contributed by atoms with Gasteiger partial charge >= 0.3 is 11.7 Å². The van der Waals surface area contributed by atoms with Crippen molar-refractivity contribution in [1.29, 1.82) is 0 Å². The molecule has 2 aromatic carbocycles. The van der Waals surface area contributed by atoms with Crippen molar-refractivity contribution in [3.8, 4) is 0 Å². The van der Waals surface area contributed by atoms with E-state index in [4.69, 9.17) is 9.15 Å². The number of carbonyl (C=O) groups is 2. The van der Waals surface area contributed by atoms with Crippen molar-refractivity contribution in [1.82, 2.24) is 9.13 Å². The van der Waals surface area contributed by atoms with Crippen molar-refractivity contribution in [2.45, 2.75) is 24.9 Å². The molecule has 0 N–H and O–H groups in total. The zero-order valence-electron chi connectivity index (χ0n) is 17.7. The average molecular weight is 490 g/mol. The fraction of sp³-hybridized carbons (Fsp3) is 0.238. The maximum Gasteiger partial charge on any atom is 0.420 e. The van der Waals surface area contributed by atoms with E-state index in [2.05, 4.69) is 4.99 Å². The summed E-state index contributed by atoms with van der Waals surface area (Å²) in [5.41, 5.74) is 1.33. The van der Waals surface area contributed by atoms with E-state index in [-0.39, 0.29) is 29.4 Å². The molecule has 0 unspecified atom stereocenters. The number of nitrogens with zero attached hydrogens (tertiary/aromatic N) is 3. The van der Waals surface area contributed by atoms with Gasteiger partial charge in [-0.3, -0.25) is 14.2 Å². The number of para-hydroxylation sites is 2. The lowest BCUT2D eigenvalue weighted by atomic mass is 10.3. The number of hydrogen-bond acceptors (Lipinski definition) is 8. The lowest BCUT2D eigenvalue weighted by Gasteiger charge is -2.05. The zero-order valence-corrected chi connectivity index (χ0v) is 19.3. The van der Waals surface area contributed by atoms with Crippen molar-refractivity contribution in [3.63, 3.8) is 0 Å². The first-order valence-electron chi connectivity index (χ1n) is 9.82. The number of aromatic nitrogens is 2. The van der Waals surface area contributed by atoms with Crippen LogP contribution in [0.5, 0.6) is 0 Å². The first kappa shape index (κ1) is 22.7. The van der Waals surface area contributed by atoms with E-state index in [1.165, 1.54) is 21.3 Å². The van der Waals surface area contributed by atoms with E-state index in [0.29, 0.717) is 21.3 Å². The van der Waals surface area contributed by atoms with Gasteiger partial charge in [-0.15, -0.1) is 0 Å². The molecular weight excluding hydrogens is 470 g/mol. The van der Waals surface area contributed by atoms with Crippen LogP contribution < -0.4 is 10.6 Å². The number of carbonyl (C=O) groups excluding carboxylic acids is 2. The molecule has 2 heterocycles. The summed E-state index contributed by atoms with van der Waals surface area (Å²) in [6.07, 6.45) is 1.09. The minimum atomic E-state index is -3.45. The second-order valence-electron chi connectivity index (χ2n) is 7.10. The number of esters is 1. The molecule has 0 aliphatic heterocycles. The quantitative estimate of drug-likeness (QED) is 0.377. The minimum Gasteiger partial charge on any atom is -0.465 e. The van der Waals surface area contributed by atoms with Crippen LogP contribution in [0.1, 0.15) is 6.92 Å². The highest BCUT2D eigenvalue weighted by molar-refractivity contribution is 7.90. The van der Waals surface area contributed by atoms with E-state index >= 15 is 0 Å². The normalized spacial score (nSPS) is 12.5. The van der Waals surface area contributed by atoms with E-state index in [9.17, 15) is 22.8 Å². The first-order chi connectivity index (χ1) is 15.7. The molecule has 4 aromatic rings. The highest BCUT2D eigenvalue weighted by Crippen LogP contribution is 2.22. The van der Waals surface area contributed by atoms with Crippen LogP contribution in [0, 0.1) is 0 Å². The van der Waals surface area contributed by atoms with Crippen LogP contribution in [0.4, 0.5) is 0 Å². The molecule has 1 amide bonds. The van der Waals surface area contributed by atoms with Gasteiger partial charge in [0.15, 0.2) is 20.2 Å². The molecule has 0 radical (unpaired) electrons. The molecule has 4 rings (SSSR count). The number of thiazole rings is 1. The SMILES string of the molecule is CCOC(=O)Cn1c(=NC(=O)Cn2c(=O)oc3ccccc32)sc2cc(S(C)(=O)=O)ccc21. The smallest absolute Gasteiger partial charge is 0.420 e. The van der Waals surface area contributed by atoms with Gasteiger partial charge in [0, 0.05) is 6.26 Å². The van der Waals surface area contributed by atoms with E-state index in [1.807, 2.05) is 0 Å². The minimum absolute atomic E-state index is 0.105. The molecule has 0 bridgehead atoms. The lowest BCUT2D eigenvalue weighted by molar-refractivity contribution is -0.143. The zero-order chi connectivity index (χ0) is 23.8. The van der Waals surface area contributed by atoms with Crippen molar-refractivity contribution in [2.75, 3.05) is 12.9 Å². The Morgan fingerprint density at radius 2 is 1.85 bits per heavy atom. The van der Waals surface area contributed by atoms with Gasteiger partial charge in [0.1, 0.15) is 13.1 Å². The summed E-state index contributed by atoms with van der Waals surface area (Å²) in [5, 5.41) is 0. The molecule has 12 heteroatoms. The Balaban J connectivity index is 1.80. The number of amides is 1. The number of rotatable bonds is 6. The third kappa shape index (κ3) is 4.66. The molecule has 0 fully saturated rings. The van der Waals surface area contributed by atoms with Gasteiger partial charge < -0.3 is 13.7 Å². The van der Waals surface area contributed by atoms with Crippen LogP contribution in [0.15, 0.2) is 61.6 Å². The van der Waals surface area contributed by atoms with Crippen LogP contribution >= 0.6 is 11.3 Å². The Hall–Kier alpha value is -3.51. The Kier molecular flexibility index (Phi) is 6.04. The Morgan fingerprint density at radius 1 is 1.09 bits per heavy atom. The van der Waals surface area contributed by atoms with E-state index in [0.717, 1.165) is 17.6 Å². The average Bonchev–Trinajstić information content (AvgIpc) is 3.24. The van der Waals surface area contributed by atoms with Gasteiger partial charge in [0.05, 0.1) is 27.2 Å². The first-order valence-corrected chi connectivity index (χ1v) is 12.5. The number of ether oxygens (including phenoxy) is 1. The Labute approximate surface area is 191 Å². The molecule has 0 spiro atoms. The Morgan fingerprint density at radius 3 is 2.58 bits per heavy atom. The topological polar surface area (TPSA) is 130 Å². The van der Waals surface area contributed by atoms with Gasteiger partial charge in [0.25, 0.3) is 5.91 Å². The van der Waals surface area contributed by atoms with Gasteiger partial charge in [-0.2, -0.15) is 4.99 Å². The number of sulfone groups is 1. The van der Waals surface area contributed by atoms with Crippen LogP contribution in [-0.2, 0) is 37.3 Å². The predicted molar refractivity (Wildman–Crippen MR) is 121 cm³/mol. The molecule has 33 heavy (non-hydrogen) atoms. The number of hydrogen-bond donors (Lipinski definition) is 0. The summed E-state index contributed by atoms with van der Waals surface area (Å²) in [6, 6.07) is 11.1. The molecular formula is C21H19N3O7S2. The highest BCUT2D eigenvalue weighted by atomic mass is 32.2. The number of fused-ring (bicyclic) bond motifs is 2. The van der Waals surface area contributed by atoms with Crippen LogP contribution in [0.3, 0.4) is 0 Å². The standard InChI is InChI=1S/C21H19N3O7S2/c1-3-30-19(26)12-23-15-9-8-13(33(2,28)29)10-17(15)32-20(23)22-18(25)11-24-14-6-4-5-7-16(14)31-21(24)27/h4-10H,3,11-12H2,1-2H3. The summed E-state index contributed by atoms with van der Waals surface area (Å²) >= 11 is 1.06. The fourth-order valence-electron chi connectivity index (χ4n) is 3.30. The molecule has 10 nitrogen and oxygen atoms in total. The summed E-state index contributed by atoms with van der Waals surface area (Å²) in [5.74, 6) is -1.86. The molecule has 0 atom stereocenters. The Bertz CT molecular complexity index is 1620. The van der Waals surface area contributed by atoms with Crippen LogP contribution in [-0.4, -0.2) is 42.3 Å². The van der Waals surface area contributed by atoms with Crippen molar-refractivity contribution < 1.29 is 27.2 Å². The second kappa shape index (κ2) is 8.79. The maximum absolute atomic E-state index is 12.8. The highest BCUT2D eigenvalue weighted by Gasteiger charge is 2.16. The summed E-state index contributed by atoms with van der Waals surface area (Å²) in [7, 11) is -3.45. The van der Waals surface area contributed by atoms with Crippen molar-refractivity contribution in [3.05, 3.63) is 57.8 Å². The van der Waals surface area contributed by atoms with Crippen molar-refractivity contribution >= 4 is 54.4 Å². The molecule has 0 saturated carbocycles. The number of oxazole rings is 1. The molecule has 172 valence electrons. The monoisotopic (exact) mass is 489 g/mol. The van der Waals surface area contributed by atoms with E-state index in [1.54, 1.807) is 37.3 Å². The van der Waals surface area contributed by atoms with Crippen molar-refractivity contribution in [2.24, 2.45) is 4.99 Å². The third-order valence-electron chi connectivity index (χ3n) is 4.76. The van der Waals surface area contributed by atoms with Crippen LogP contribution in [0.2, 0.25) is 0 Å². The van der Waals surface area contributed by atoms with Gasteiger partial charge in [-0.1, -0.05) is 23.5 Å². The second-order valence-corrected chi connectivity index (χ2v) is 10.1. The van der Waals surface area contributed by atoms with Gasteiger partial charge in [0.2, 0.25) is 0 Å². The molecule has 0 saturated heterocycles. The van der Waals surface area contributed by atoms with E-state index < -0.39 is 27.5 Å². The molecule has 0 aliphatic rings. The molecule has 0 aliphatic carbocycles.